The molecule has 3 nitrogen and oxygen atoms in total. The van der Waals surface area contributed by atoms with Gasteiger partial charge in [0.05, 0.1) is 0 Å². The van der Waals surface area contributed by atoms with Gasteiger partial charge in [0, 0.05) is 11.8 Å². The van der Waals surface area contributed by atoms with Crippen molar-refractivity contribution in [2.45, 2.75) is 20.5 Å². The number of benzene rings is 1. The van der Waals surface area contributed by atoms with Crippen LogP contribution in [0.15, 0.2) is 42.1 Å². The maximum atomic E-state index is 11.4. The minimum atomic E-state index is -0.393. The summed E-state index contributed by atoms with van der Waals surface area (Å²) < 4.78 is 5.05. The smallest absolute Gasteiger partial charge is 0.332 e. The number of hydrogen-bond donors (Lipinski definition) is 1. The number of allylic oxidation sites excluding steroid dienone is 1. The predicted molar refractivity (Wildman–Crippen MR) is 63.3 cm³/mol. The molecule has 0 aliphatic heterocycles. The van der Waals surface area contributed by atoms with Gasteiger partial charge in [-0.05, 0) is 11.5 Å². The second kappa shape index (κ2) is 5.95. The molecule has 3 heteroatoms. The first-order valence-electron chi connectivity index (χ1n) is 5.27. The van der Waals surface area contributed by atoms with Gasteiger partial charge in [-0.15, -0.1) is 0 Å². The lowest BCUT2D eigenvalue weighted by Crippen LogP contribution is -2.10. The van der Waals surface area contributed by atoms with Gasteiger partial charge in [0.2, 0.25) is 0 Å². The zero-order valence-corrected chi connectivity index (χ0v) is 9.64. The average molecular weight is 219 g/mol. The molecule has 2 N–H and O–H groups in total. The SMILES string of the molecule is CC(C)/C(N)=C/C(=O)OCc1ccccc1. The minimum absolute atomic E-state index is 0.157. The Morgan fingerprint density at radius 3 is 2.56 bits per heavy atom. The second-order valence-electron chi connectivity index (χ2n) is 3.89. The van der Waals surface area contributed by atoms with Crippen molar-refractivity contribution in [3.63, 3.8) is 0 Å². The number of nitrogens with two attached hydrogens (primary N) is 1. The minimum Gasteiger partial charge on any atom is -0.458 e. The topological polar surface area (TPSA) is 52.3 Å². The van der Waals surface area contributed by atoms with Crippen molar-refractivity contribution in [1.29, 1.82) is 0 Å². The highest BCUT2D eigenvalue weighted by Crippen LogP contribution is 2.04. The molecule has 0 aliphatic rings. The first-order chi connectivity index (χ1) is 7.59. The maximum Gasteiger partial charge on any atom is 0.332 e. The number of carbonyl (C=O) groups is 1. The molecule has 0 aromatic heterocycles. The van der Waals surface area contributed by atoms with Crippen molar-refractivity contribution in [2.24, 2.45) is 11.7 Å². The summed E-state index contributed by atoms with van der Waals surface area (Å²) >= 11 is 0. The summed E-state index contributed by atoms with van der Waals surface area (Å²) in [7, 11) is 0. The second-order valence-corrected chi connectivity index (χ2v) is 3.89. The Kier molecular flexibility index (Phi) is 4.58. The van der Waals surface area contributed by atoms with Gasteiger partial charge in [0.1, 0.15) is 6.61 Å². The highest BCUT2D eigenvalue weighted by atomic mass is 16.5. The molecule has 0 saturated heterocycles. The van der Waals surface area contributed by atoms with E-state index in [1.165, 1.54) is 6.08 Å². The first-order valence-corrected chi connectivity index (χ1v) is 5.27. The van der Waals surface area contributed by atoms with Crippen LogP contribution in [0.25, 0.3) is 0 Å². The van der Waals surface area contributed by atoms with E-state index in [1.54, 1.807) is 0 Å². The molecule has 0 aliphatic carbocycles. The largest absolute Gasteiger partial charge is 0.458 e. The number of hydrogen-bond acceptors (Lipinski definition) is 3. The molecule has 0 atom stereocenters. The Bertz CT molecular complexity index is 369. The monoisotopic (exact) mass is 219 g/mol. The Hall–Kier alpha value is -1.77. The van der Waals surface area contributed by atoms with Gasteiger partial charge in [0.25, 0.3) is 0 Å². The number of ether oxygens (including phenoxy) is 1. The lowest BCUT2D eigenvalue weighted by Gasteiger charge is -2.05. The lowest BCUT2D eigenvalue weighted by atomic mass is 10.1. The van der Waals surface area contributed by atoms with Gasteiger partial charge in [-0.3, -0.25) is 0 Å². The van der Waals surface area contributed by atoms with E-state index in [0.717, 1.165) is 5.56 Å². The molecule has 86 valence electrons. The predicted octanol–water partition coefficient (Wildman–Crippen LogP) is 2.23. The summed E-state index contributed by atoms with van der Waals surface area (Å²) in [6, 6.07) is 9.54. The van der Waals surface area contributed by atoms with Gasteiger partial charge in [-0.1, -0.05) is 44.2 Å². The summed E-state index contributed by atoms with van der Waals surface area (Å²) in [5.41, 5.74) is 7.15. The fourth-order valence-electron chi connectivity index (χ4n) is 1.07. The third-order valence-corrected chi connectivity index (χ3v) is 2.18. The third-order valence-electron chi connectivity index (χ3n) is 2.18. The Balaban J connectivity index is 2.45. The van der Waals surface area contributed by atoms with E-state index in [0.29, 0.717) is 5.70 Å². The highest BCUT2D eigenvalue weighted by Gasteiger charge is 2.03. The van der Waals surface area contributed by atoms with E-state index in [9.17, 15) is 4.79 Å². The average Bonchev–Trinajstić information content (AvgIpc) is 2.27. The molecule has 0 heterocycles. The van der Waals surface area contributed by atoms with Gasteiger partial charge < -0.3 is 10.5 Å². The van der Waals surface area contributed by atoms with Crippen LogP contribution in [0.3, 0.4) is 0 Å². The summed E-state index contributed by atoms with van der Waals surface area (Å²) in [4.78, 5) is 11.4. The fraction of sp³-hybridized carbons (Fsp3) is 0.308. The van der Waals surface area contributed by atoms with E-state index in [-0.39, 0.29) is 12.5 Å². The lowest BCUT2D eigenvalue weighted by molar-refractivity contribution is -0.139. The molecule has 0 bridgehead atoms. The van der Waals surface area contributed by atoms with Crippen LogP contribution in [0.4, 0.5) is 0 Å². The van der Waals surface area contributed by atoms with Crippen molar-refractivity contribution in [3.8, 4) is 0 Å². The van der Waals surface area contributed by atoms with Gasteiger partial charge in [-0.2, -0.15) is 0 Å². The molecule has 0 spiro atoms. The zero-order chi connectivity index (χ0) is 12.0. The van der Waals surface area contributed by atoms with E-state index in [4.69, 9.17) is 10.5 Å². The normalized spacial score (nSPS) is 11.6. The van der Waals surface area contributed by atoms with E-state index >= 15 is 0 Å². The van der Waals surface area contributed by atoms with Gasteiger partial charge in [0.15, 0.2) is 0 Å². The van der Waals surface area contributed by atoms with Gasteiger partial charge >= 0.3 is 5.97 Å². The van der Waals surface area contributed by atoms with Crippen molar-refractivity contribution in [3.05, 3.63) is 47.7 Å². The van der Waals surface area contributed by atoms with Crippen LogP contribution in [0.5, 0.6) is 0 Å². The fourth-order valence-corrected chi connectivity index (χ4v) is 1.07. The zero-order valence-electron chi connectivity index (χ0n) is 9.64. The number of esters is 1. The third kappa shape index (κ3) is 4.17. The summed E-state index contributed by atoms with van der Waals surface area (Å²) in [5.74, 6) is -0.237. The van der Waals surface area contributed by atoms with E-state index in [2.05, 4.69) is 0 Å². The molecule has 1 aromatic rings. The molecule has 0 radical (unpaired) electrons. The number of carbonyl (C=O) groups excluding carboxylic acids is 1. The molecule has 1 aromatic carbocycles. The molecule has 0 amide bonds. The number of rotatable bonds is 4. The van der Waals surface area contributed by atoms with Crippen LogP contribution in [0, 0.1) is 5.92 Å². The summed E-state index contributed by atoms with van der Waals surface area (Å²) in [6.45, 7) is 4.13. The van der Waals surface area contributed by atoms with Crippen molar-refractivity contribution < 1.29 is 9.53 Å². The molecule has 16 heavy (non-hydrogen) atoms. The highest BCUT2D eigenvalue weighted by molar-refractivity contribution is 5.82. The van der Waals surface area contributed by atoms with Crippen LogP contribution in [-0.2, 0) is 16.1 Å². The Morgan fingerprint density at radius 2 is 2.00 bits per heavy atom. The van der Waals surface area contributed by atoms with Crippen LogP contribution in [0.2, 0.25) is 0 Å². The van der Waals surface area contributed by atoms with E-state index < -0.39 is 5.97 Å². The standard InChI is InChI=1S/C13H17NO2/c1-10(2)12(14)8-13(15)16-9-11-6-4-3-5-7-11/h3-8,10H,9,14H2,1-2H3/b12-8-. The Morgan fingerprint density at radius 1 is 1.38 bits per heavy atom. The van der Waals surface area contributed by atoms with Crippen molar-refractivity contribution >= 4 is 5.97 Å². The first kappa shape index (κ1) is 12.3. The summed E-state index contributed by atoms with van der Waals surface area (Å²) in [5, 5.41) is 0. The van der Waals surface area contributed by atoms with Crippen LogP contribution in [-0.4, -0.2) is 5.97 Å². The Labute approximate surface area is 95.9 Å². The van der Waals surface area contributed by atoms with Crippen molar-refractivity contribution in [1.82, 2.24) is 0 Å². The van der Waals surface area contributed by atoms with E-state index in [1.807, 2.05) is 44.2 Å². The molecular formula is C13H17NO2. The molecule has 0 fully saturated rings. The van der Waals surface area contributed by atoms with Crippen LogP contribution < -0.4 is 5.73 Å². The van der Waals surface area contributed by atoms with Gasteiger partial charge in [-0.25, -0.2) is 4.79 Å². The summed E-state index contributed by atoms with van der Waals surface area (Å²) in [6.07, 6.45) is 1.34. The molecule has 0 unspecified atom stereocenters. The molecule has 0 saturated carbocycles. The van der Waals surface area contributed by atoms with Crippen LogP contribution >= 0.6 is 0 Å². The molecular weight excluding hydrogens is 202 g/mol. The quantitative estimate of drug-likeness (QED) is 0.624. The maximum absolute atomic E-state index is 11.4. The van der Waals surface area contributed by atoms with Crippen LogP contribution in [0.1, 0.15) is 19.4 Å². The van der Waals surface area contributed by atoms with Crippen molar-refractivity contribution in [2.75, 3.05) is 0 Å². The molecule has 1 rings (SSSR count).